The molecule has 0 aliphatic rings. The molecule has 0 aromatic carbocycles. The van der Waals surface area contributed by atoms with Gasteiger partial charge >= 0.3 is 0 Å². The van der Waals surface area contributed by atoms with Crippen molar-refractivity contribution in [3.05, 3.63) is 5.82 Å². The van der Waals surface area contributed by atoms with E-state index in [1.807, 2.05) is 0 Å². The SMILES string of the molecule is Cc1nc(SCCNC(=O)CN(C)S(=O)(=O)N(C)C)n[nH]1. The molecule has 1 heterocycles. The van der Waals surface area contributed by atoms with Crippen LogP contribution in [0.1, 0.15) is 5.82 Å². The minimum absolute atomic E-state index is 0.217. The number of aryl methyl sites for hydroxylation is 1. The number of carbonyl (C=O) groups excluding carboxylic acids is 1. The minimum atomic E-state index is -3.57. The Labute approximate surface area is 128 Å². The van der Waals surface area contributed by atoms with Gasteiger partial charge < -0.3 is 5.32 Å². The monoisotopic (exact) mass is 336 g/mol. The molecule has 0 bridgehead atoms. The third-order valence-electron chi connectivity index (χ3n) is 2.45. The van der Waals surface area contributed by atoms with Gasteiger partial charge in [0.15, 0.2) is 0 Å². The largest absolute Gasteiger partial charge is 0.354 e. The predicted octanol–water partition coefficient (Wildman–Crippen LogP) is -0.940. The van der Waals surface area contributed by atoms with Gasteiger partial charge in [0, 0.05) is 33.4 Å². The molecule has 1 aromatic heterocycles. The summed E-state index contributed by atoms with van der Waals surface area (Å²) in [5, 5.41) is 9.95. The summed E-state index contributed by atoms with van der Waals surface area (Å²) in [6.45, 7) is 2.00. The Kier molecular flexibility index (Phi) is 6.58. The van der Waals surface area contributed by atoms with Crippen LogP contribution in [0.4, 0.5) is 0 Å². The molecular weight excluding hydrogens is 316 g/mol. The van der Waals surface area contributed by atoms with Gasteiger partial charge in [-0.3, -0.25) is 9.89 Å². The summed E-state index contributed by atoms with van der Waals surface area (Å²) in [4.78, 5) is 15.8. The van der Waals surface area contributed by atoms with Crippen molar-refractivity contribution in [3.8, 4) is 0 Å². The van der Waals surface area contributed by atoms with Gasteiger partial charge in [-0.1, -0.05) is 11.8 Å². The van der Waals surface area contributed by atoms with Crippen LogP contribution in [0.5, 0.6) is 0 Å². The predicted molar refractivity (Wildman–Crippen MR) is 80.1 cm³/mol. The molecule has 0 fully saturated rings. The summed E-state index contributed by atoms with van der Waals surface area (Å²) in [5.41, 5.74) is 0. The number of aromatic nitrogens is 3. The zero-order chi connectivity index (χ0) is 16.0. The average molecular weight is 336 g/mol. The second-order valence-corrected chi connectivity index (χ2v) is 7.76. The van der Waals surface area contributed by atoms with Crippen molar-refractivity contribution in [1.29, 1.82) is 0 Å². The van der Waals surface area contributed by atoms with E-state index in [0.717, 1.165) is 14.4 Å². The second-order valence-electron chi connectivity index (χ2n) is 4.45. The summed E-state index contributed by atoms with van der Waals surface area (Å²) >= 11 is 1.40. The molecule has 0 aliphatic carbocycles. The van der Waals surface area contributed by atoms with Crippen molar-refractivity contribution in [2.45, 2.75) is 12.1 Å². The van der Waals surface area contributed by atoms with Gasteiger partial charge in [0.1, 0.15) is 5.82 Å². The summed E-state index contributed by atoms with van der Waals surface area (Å²) in [5.74, 6) is 0.986. The van der Waals surface area contributed by atoms with Crippen LogP contribution in [-0.4, -0.2) is 78.1 Å². The normalized spacial score (nSPS) is 12.1. The van der Waals surface area contributed by atoms with E-state index in [0.29, 0.717) is 17.5 Å². The average Bonchev–Trinajstić information content (AvgIpc) is 2.80. The number of thioether (sulfide) groups is 1. The maximum absolute atomic E-state index is 11.7. The van der Waals surface area contributed by atoms with E-state index in [-0.39, 0.29) is 12.5 Å². The van der Waals surface area contributed by atoms with Crippen molar-refractivity contribution in [2.75, 3.05) is 40.0 Å². The number of carbonyl (C=O) groups is 1. The fourth-order valence-corrected chi connectivity index (χ4v) is 2.87. The van der Waals surface area contributed by atoms with Gasteiger partial charge in [-0.25, -0.2) is 4.98 Å². The second kappa shape index (κ2) is 7.73. The molecule has 9 nitrogen and oxygen atoms in total. The maximum atomic E-state index is 11.7. The molecule has 1 rings (SSSR count). The summed E-state index contributed by atoms with van der Waals surface area (Å²) < 4.78 is 25.5. The molecule has 21 heavy (non-hydrogen) atoms. The highest BCUT2D eigenvalue weighted by molar-refractivity contribution is 7.99. The zero-order valence-electron chi connectivity index (χ0n) is 12.5. The molecule has 1 amide bonds. The Morgan fingerprint density at radius 1 is 1.38 bits per heavy atom. The van der Waals surface area contributed by atoms with Crippen LogP contribution in [0.2, 0.25) is 0 Å². The first-order valence-corrected chi connectivity index (χ1v) is 8.54. The molecule has 1 aromatic rings. The van der Waals surface area contributed by atoms with Crippen LogP contribution in [0, 0.1) is 6.92 Å². The number of aromatic amines is 1. The van der Waals surface area contributed by atoms with E-state index in [1.165, 1.54) is 32.9 Å². The van der Waals surface area contributed by atoms with Crippen molar-refractivity contribution >= 4 is 27.9 Å². The summed E-state index contributed by atoms with van der Waals surface area (Å²) in [7, 11) is 0.627. The first-order chi connectivity index (χ1) is 9.73. The van der Waals surface area contributed by atoms with Gasteiger partial charge in [0.05, 0.1) is 6.54 Å². The Hall–Kier alpha value is -1.17. The minimum Gasteiger partial charge on any atom is -0.354 e. The van der Waals surface area contributed by atoms with Crippen LogP contribution < -0.4 is 5.32 Å². The highest BCUT2D eigenvalue weighted by Crippen LogP contribution is 2.10. The fraction of sp³-hybridized carbons (Fsp3) is 0.700. The fourth-order valence-electron chi connectivity index (χ4n) is 1.34. The standard InChI is InChI=1S/C10H20N6O3S2/c1-8-12-10(14-13-8)20-6-5-11-9(17)7-16(4)21(18,19)15(2)3/h5-7H2,1-4H3,(H,11,17)(H,12,13,14). The molecule has 0 saturated heterocycles. The molecule has 0 saturated carbocycles. The van der Waals surface area contributed by atoms with Crippen molar-refractivity contribution < 1.29 is 13.2 Å². The van der Waals surface area contributed by atoms with E-state index in [2.05, 4.69) is 20.5 Å². The van der Waals surface area contributed by atoms with Gasteiger partial charge in [0.25, 0.3) is 10.2 Å². The molecule has 0 unspecified atom stereocenters. The maximum Gasteiger partial charge on any atom is 0.281 e. The van der Waals surface area contributed by atoms with Gasteiger partial charge in [0.2, 0.25) is 11.1 Å². The lowest BCUT2D eigenvalue weighted by molar-refractivity contribution is -0.121. The van der Waals surface area contributed by atoms with Gasteiger partial charge in [-0.05, 0) is 6.92 Å². The zero-order valence-corrected chi connectivity index (χ0v) is 14.1. The molecule has 0 radical (unpaired) electrons. The lowest BCUT2D eigenvalue weighted by atomic mass is 10.5. The molecule has 0 spiro atoms. The van der Waals surface area contributed by atoms with E-state index in [1.54, 1.807) is 6.92 Å². The molecule has 0 aliphatic heterocycles. The van der Waals surface area contributed by atoms with E-state index in [9.17, 15) is 13.2 Å². The smallest absolute Gasteiger partial charge is 0.281 e. The van der Waals surface area contributed by atoms with Crippen LogP contribution in [-0.2, 0) is 15.0 Å². The van der Waals surface area contributed by atoms with Crippen LogP contribution in [0.15, 0.2) is 5.16 Å². The molecule has 11 heteroatoms. The molecule has 120 valence electrons. The highest BCUT2D eigenvalue weighted by atomic mass is 32.2. The summed E-state index contributed by atoms with van der Waals surface area (Å²) in [6, 6.07) is 0. The van der Waals surface area contributed by atoms with Gasteiger partial charge in [-0.15, -0.1) is 5.10 Å². The Morgan fingerprint density at radius 3 is 2.57 bits per heavy atom. The van der Waals surface area contributed by atoms with E-state index in [4.69, 9.17) is 0 Å². The highest BCUT2D eigenvalue weighted by Gasteiger charge is 2.22. The topological polar surface area (TPSA) is 111 Å². The third-order valence-corrected chi connectivity index (χ3v) is 5.14. The van der Waals surface area contributed by atoms with Crippen molar-refractivity contribution in [1.82, 2.24) is 29.1 Å². The lowest BCUT2D eigenvalue weighted by Crippen LogP contribution is -2.43. The Balaban J connectivity index is 2.28. The van der Waals surface area contributed by atoms with Gasteiger partial charge in [-0.2, -0.15) is 17.0 Å². The quantitative estimate of drug-likeness (QED) is 0.468. The number of hydrogen-bond donors (Lipinski definition) is 2. The number of hydrogen-bond acceptors (Lipinski definition) is 6. The summed E-state index contributed by atoms with van der Waals surface area (Å²) in [6.07, 6.45) is 0. The number of nitrogens with zero attached hydrogens (tertiary/aromatic N) is 4. The first kappa shape index (κ1) is 17.9. The third kappa shape index (κ3) is 5.61. The number of amides is 1. The van der Waals surface area contributed by atoms with Crippen LogP contribution in [0.3, 0.4) is 0 Å². The number of H-pyrrole nitrogens is 1. The van der Waals surface area contributed by atoms with E-state index >= 15 is 0 Å². The number of likely N-dealkylation sites (N-methyl/N-ethyl adjacent to an activating group) is 1. The molecule has 0 atom stereocenters. The Morgan fingerprint density at radius 2 is 2.05 bits per heavy atom. The lowest BCUT2D eigenvalue weighted by Gasteiger charge is -2.20. The number of rotatable bonds is 8. The van der Waals surface area contributed by atoms with Crippen LogP contribution in [0.25, 0.3) is 0 Å². The van der Waals surface area contributed by atoms with Crippen molar-refractivity contribution in [3.63, 3.8) is 0 Å². The molecular formula is C10H20N6O3S2. The first-order valence-electron chi connectivity index (χ1n) is 6.15. The number of nitrogens with one attached hydrogen (secondary N) is 2. The van der Waals surface area contributed by atoms with Crippen LogP contribution >= 0.6 is 11.8 Å². The van der Waals surface area contributed by atoms with E-state index < -0.39 is 10.2 Å². The molecule has 2 N–H and O–H groups in total. The van der Waals surface area contributed by atoms with Crippen molar-refractivity contribution in [2.24, 2.45) is 0 Å². The Bertz CT molecular complexity index is 571.